The predicted molar refractivity (Wildman–Crippen MR) is 60.7 cm³/mol. The lowest BCUT2D eigenvalue weighted by Crippen LogP contribution is -2.46. The van der Waals surface area contributed by atoms with Gasteiger partial charge in [-0.3, -0.25) is 4.79 Å². The number of aliphatic carboxylic acids is 1. The van der Waals surface area contributed by atoms with Gasteiger partial charge >= 0.3 is 5.97 Å². The standard InChI is InChI=1S/C11H17N3O3/c15-11(16)10(5-9-6-12-7-13-9)14-8-1-3-17-4-2-8/h6-8,10,14H,1-5H2,(H,12,13)(H,15,16). The highest BCUT2D eigenvalue weighted by Gasteiger charge is 2.23. The second-order valence-corrected chi connectivity index (χ2v) is 4.23. The Morgan fingerprint density at radius 1 is 1.65 bits per heavy atom. The number of nitrogens with zero attached hydrogens (tertiary/aromatic N) is 1. The fraction of sp³-hybridized carbons (Fsp3) is 0.636. The molecule has 1 atom stereocenters. The summed E-state index contributed by atoms with van der Waals surface area (Å²) in [5.41, 5.74) is 0.831. The Morgan fingerprint density at radius 2 is 2.41 bits per heavy atom. The van der Waals surface area contributed by atoms with Gasteiger partial charge in [0, 0.05) is 37.6 Å². The number of carboxylic acids is 1. The van der Waals surface area contributed by atoms with Crippen LogP contribution in [0.1, 0.15) is 18.5 Å². The summed E-state index contributed by atoms with van der Waals surface area (Å²) >= 11 is 0. The van der Waals surface area contributed by atoms with Crippen molar-refractivity contribution in [2.24, 2.45) is 0 Å². The molecular weight excluding hydrogens is 222 g/mol. The molecule has 1 fully saturated rings. The highest BCUT2D eigenvalue weighted by Crippen LogP contribution is 2.09. The van der Waals surface area contributed by atoms with Gasteiger partial charge < -0.3 is 20.1 Å². The van der Waals surface area contributed by atoms with Crippen LogP contribution in [0.5, 0.6) is 0 Å². The fourth-order valence-corrected chi connectivity index (χ4v) is 1.98. The second-order valence-electron chi connectivity index (χ2n) is 4.23. The van der Waals surface area contributed by atoms with Crippen molar-refractivity contribution in [3.8, 4) is 0 Å². The van der Waals surface area contributed by atoms with Gasteiger partial charge in [-0.1, -0.05) is 0 Å². The largest absolute Gasteiger partial charge is 0.480 e. The molecule has 6 nitrogen and oxygen atoms in total. The number of ether oxygens (including phenoxy) is 1. The van der Waals surface area contributed by atoms with Gasteiger partial charge in [0.1, 0.15) is 6.04 Å². The summed E-state index contributed by atoms with van der Waals surface area (Å²) in [6.45, 7) is 1.40. The van der Waals surface area contributed by atoms with E-state index in [4.69, 9.17) is 4.74 Å². The molecule has 94 valence electrons. The van der Waals surface area contributed by atoms with E-state index in [9.17, 15) is 9.90 Å². The number of hydrogen-bond donors (Lipinski definition) is 3. The third kappa shape index (κ3) is 3.54. The average Bonchev–Trinajstić information content (AvgIpc) is 2.82. The molecule has 0 spiro atoms. The Balaban J connectivity index is 1.90. The molecule has 3 N–H and O–H groups in total. The molecule has 1 aromatic rings. The van der Waals surface area contributed by atoms with Crippen LogP contribution < -0.4 is 5.32 Å². The molecule has 2 rings (SSSR count). The van der Waals surface area contributed by atoms with Crippen LogP contribution in [-0.4, -0.2) is 46.3 Å². The SMILES string of the molecule is O=C(O)C(Cc1cnc[nH]1)NC1CCOCC1. The number of nitrogens with one attached hydrogen (secondary N) is 2. The molecule has 1 unspecified atom stereocenters. The fourth-order valence-electron chi connectivity index (χ4n) is 1.98. The van der Waals surface area contributed by atoms with Gasteiger partial charge in [0.05, 0.1) is 6.33 Å². The Hall–Kier alpha value is -1.40. The lowest BCUT2D eigenvalue weighted by atomic mass is 10.1. The van der Waals surface area contributed by atoms with E-state index in [1.807, 2.05) is 0 Å². The minimum Gasteiger partial charge on any atom is -0.480 e. The lowest BCUT2D eigenvalue weighted by molar-refractivity contribution is -0.139. The van der Waals surface area contributed by atoms with E-state index in [1.54, 1.807) is 12.5 Å². The van der Waals surface area contributed by atoms with Crippen LogP contribution in [0, 0.1) is 0 Å². The van der Waals surface area contributed by atoms with E-state index < -0.39 is 12.0 Å². The molecule has 1 aliphatic heterocycles. The van der Waals surface area contributed by atoms with Gasteiger partial charge in [0.25, 0.3) is 0 Å². The zero-order chi connectivity index (χ0) is 12.1. The molecule has 0 aliphatic carbocycles. The first-order valence-corrected chi connectivity index (χ1v) is 5.79. The summed E-state index contributed by atoms with van der Waals surface area (Å²) in [5.74, 6) is -0.828. The summed E-state index contributed by atoms with van der Waals surface area (Å²) in [6.07, 6.45) is 5.37. The van der Waals surface area contributed by atoms with Crippen molar-refractivity contribution in [3.05, 3.63) is 18.2 Å². The Kier molecular flexibility index (Phi) is 4.11. The van der Waals surface area contributed by atoms with Crippen LogP contribution in [0.2, 0.25) is 0 Å². The normalized spacial score (nSPS) is 19.1. The van der Waals surface area contributed by atoms with Gasteiger partial charge in [-0.2, -0.15) is 0 Å². The Morgan fingerprint density at radius 3 is 3.00 bits per heavy atom. The van der Waals surface area contributed by atoms with Crippen molar-refractivity contribution >= 4 is 5.97 Å². The molecule has 0 saturated carbocycles. The maximum atomic E-state index is 11.2. The molecule has 2 heterocycles. The first-order chi connectivity index (χ1) is 8.25. The van der Waals surface area contributed by atoms with Crippen molar-refractivity contribution in [2.75, 3.05) is 13.2 Å². The summed E-state index contributed by atoms with van der Waals surface area (Å²) in [7, 11) is 0. The zero-order valence-electron chi connectivity index (χ0n) is 9.56. The summed E-state index contributed by atoms with van der Waals surface area (Å²) in [6, 6.07) is -0.341. The van der Waals surface area contributed by atoms with E-state index in [0.29, 0.717) is 19.6 Å². The molecule has 0 aromatic carbocycles. The first kappa shape index (κ1) is 12.1. The number of carboxylic acid groups (broad SMARTS) is 1. The predicted octanol–water partition coefficient (Wildman–Crippen LogP) is 0.174. The van der Waals surface area contributed by atoms with E-state index in [-0.39, 0.29) is 6.04 Å². The highest BCUT2D eigenvalue weighted by atomic mass is 16.5. The molecule has 1 aromatic heterocycles. The first-order valence-electron chi connectivity index (χ1n) is 5.79. The number of aromatic nitrogens is 2. The van der Waals surface area contributed by atoms with Crippen molar-refractivity contribution in [1.29, 1.82) is 0 Å². The molecule has 0 bridgehead atoms. The molecule has 17 heavy (non-hydrogen) atoms. The molecular formula is C11H17N3O3. The lowest BCUT2D eigenvalue weighted by Gasteiger charge is -2.26. The number of hydrogen-bond acceptors (Lipinski definition) is 4. The Labute approximate surface area is 99.4 Å². The molecule has 6 heteroatoms. The molecule has 0 radical (unpaired) electrons. The zero-order valence-corrected chi connectivity index (χ0v) is 9.56. The van der Waals surface area contributed by atoms with Crippen LogP contribution in [0.15, 0.2) is 12.5 Å². The third-order valence-electron chi connectivity index (χ3n) is 2.94. The van der Waals surface area contributed by atoms with E-state index in [1.165, 1.54) is 0 Å². The van der Waals surface area contributed by atoms with Crippen LogP contribution >= 0.6 is 0 Å². The summed E-state index contributed by atoms with van der Waals surface area (Å²) in [4.78, 5) is 18.0. The topological polar surface area (TPSA) is 87.2 Å². The van der Waals surface area contributed by atoms with E-state index >= 15 is 0 Å². The van der Waals surface area contributed by atoms with Gasteiger partial charge in [-0.05, 0) is 12.8 Å². The number of imidazole rings is 1. The molecule has 1 saturated heterocycles. The van der Waals surface area contributed by atoms with Crippen LogP contribution in [0.25, 0.3) is 0 Å². The van der Waals surface area contributed by atoms with Gasteiger partial charge in [-0.15, -0.1) is 0 Å². The maximum Gasteiger partial charge on any atom is 0.321 e. The minimum absolute atomic E-state index is 0.229. The number of carbonyl (C=O) groups is 1. The number of rotatable bonds is 5. The molecule has 0 amide bonds. The minimum atomic E-state index is -0.828. The molecule has 1 aliphatic rings. The summed E-state index contributed by atoms with van der Waals surface area (Å²) < 4.78 is 5.24. The van der Waals surface area contributed by atoms with Gasteiger partial charge in [-0.25, -0.2) is 4.98 Å². The van der Waals surface area contributed by atoms with Crippen molar-refractivity contribution in [3.63, 3.8) is 0 Å². The van der Waals surface area contributed by atoms with Crippen molar-refractivity contribution in [1.82, 2.24) is 15.3 Å². The quantitative estimate of drug-likeness (QED) is 0.682. The third-order valence-corrected chi connectivity index (χ3v) is 2.94. The second kappa shape index (κ2) is 5.79. The monoisotopic (exact) mass is 239 g/mol. The summed E-state index contributed by atoms with van der Waals surface area (Å²) in [5, 5.41) is 12.3. The van der Waals surface area contributed by atoms with Crippen LogP contribution in [0.3, 0.4) is 0 Å². The smallest absolute Gasteiger partial charge is 0.321 e. The van der Waals surface area contributed by atoms with Crippen LogP contribution in [-0.2, 0) is 16.0 Å². The van der Waals surface area contributed by atoms with E-state index in [0.717, 1.165) is 18.5 Å². The Bertz CT molecular complexity index is 347. The number of H-pyrrole nitrogens is 1. The maximum absolute atomic E-state index is 11.2. The van der Waals surface area contributed by atoms with Crippen molar-refractivity contribution < 1.29 is 14.6 Å². The van der Waals surface area contributed by atoms with Crippen LogP contribution in [0.4, 0.5) is 0 Å². The van der Waals surface area contributed by atoms with Crippen molar-refractivity contribution in [2.45, 2.75) is 31.3 Å². The van der Waals surface area contributed by atoms with E-state index in [2.05, 4.69) is 15.3 Å². The number of aromatic amines is 1. The van der Waals surface area contributed by atoms with Gasteiger partial charge in [0.15, 0.2) is 0 Å². The van der Waals surface area contributed by atoms with Gasteiger partial charge in [0.2, 0.25) is 0 Å². The highest BCUT2D eigenvalue weighted by molar-refractivity contribution is 5.73. The average molecular weight is 239 g/mol.